The number of nitro benzene ring substituents is 1. The van der Waals surface area contributed by atoms with E-state index in [4.69, 9.17) is 5.11 Å². The molecule has 98 valence electrons. The molecule has 1 aromatic rings. The number of hydrogen-bond acceptors (Lipinski definition) is 4. The maximum atomic E-state index is 11.0. The summed E-state index contributed by atoms with van der Waals surface area (Å²) in [5.41, 5.74) is 0.521. The highest BCUT2D eigenvalue weighted by molar-refractivity contribution is 5.78. The number of carboxylic acids is 1. The predicted octanol–water partition coefficient (Wildman–Crippen LogP) is 2.28. The van der Waals surface area contributed by atoms with Crippen molar-refractivity contribution >= 4 is 17.3 Å². The molecule has 1 N–H and O–H groups in total. The monoisotopic (exact) mass is 252 g/mol. The van der Waals surface area contributed by atoms with Gasteiger partial charge in [0.1, 0.15) is 6.04 Å². The number of nitro groups is 1. The van der Waals surface area contributed by atoms with Crippen LogP contribution in [0.15, 0.2) is 24.3 Å². The molecule has 1 aromatic carbocycles. The van der Waals surface area contributed by atoms with Crippen LogP contribution in [0.1, 0.15) is 20.3 Å². The molecule has 1 rings (SSSR count). The fraction of sp³-hybridized carbons (Fsp3) is 0.417. The van der Waals surface area contributed by atoms with Crippen LogP contribution in [0.3, 0.4) is 0 Å². The molecule has 0 spiro atoms. The second kappa shape index (κ2) is 6.00. The summed E-state index contributed by atoms with van der Waals surface area (Å²) in [6.45, 7) is 4.03. The van der Waals surface area contributed by atoms with Crippen molar-refractivity contribution in [1.29, 1.82) is 0 Å². The fourth-order valence-corrected chi connectivity index (χ4v) is 1.71. The Hall–Kier alpha value is -2.11. The molecule has 6 heteroatoms. The standard InChI is InChI=1S/C12H16N2O4/c1-3-7-13(9(2)12(15)16)10-5-4-6-11(8-10)14(17)18/h4-6,8-9H,3,7H2,1-2H3,(H,15,16)/t9-/m0/s1. The number of non-ortho nitro benzene ring substituents is 1. The van der Waals surface area contributed by atoms with Crippen molar-refractivity contribution in [2.24, 2.45) is 0 Å². The van der Waals surface area contributed by atoms with Crippen LogP contribution in [0.5, 0.6) is 0 Å². The van der Waals surface area contributed by atoms with Crippen molar-refractivity contribution in [3.63, 3.8) is 0 Å². The molecule has 6 nitrogen and oxygen atoms in total. The van der Waals surface area contributed by atoms with Gasteiger partial charge >= 0.3 is 5.97 Å². The molecule has 0 radical (unpaired) electrons. The van der Waals surface area contributed by atoms with Crippen LogP contribution in [0.2, 0.25) is 0 Å². The van der Waals surface area contributed by atoms with E-state index in [-0.39, 0.29) is 5.69 Å². The SMILES string of the molecule is CCCN(c1cccc([N+](=O)[O-])c1)[C@@H](C)C(=O)O. The number of nitrogens with zero attached hydrogens (tertiary/aromatic N) is 2. The summed E-state index contributed by atoms with van der Waals surface area (Å²) in [5, 5.41) is 19.8. The summed E-state index contributed by atoms with van der Waals surface area (Å²) in [6.07, 6.45) is 0.764. The molecule has 0 unspecified atom stereocenters. The maximum absolute atomic E-state index is 11.0. The normalized spacial score (nSPS) is 11.9. The Balaban J connectivity index is 3.09. The van der Waals surface area contributed by atoms with E-state index < -0.39 is 16.9 Å². The van der Waals surface area contributed by atoms with E-state index in [1.54, 1.807) is 24.0 Å². The van der Waals surface area contributed by atoms with Gasteiger partial charge in [-0.2, -0.15) is 0 Å². The first-order chi connectivity index (χ1) is 8.47. The van der Waals surface area contributed by atoms with E-state index in [9.17, 15) is 14.9 Å². The van der Waals surface area contributed by atoms with Crippen LogP contribution in [0, 0.1) is 10.1 Å². The smallest absolute Gasteiger partial charge is 0.326 e. The van der Waals surface area contributed by atoms with E-state index in [1.807, 2.05) is 6.92 Å². The van der Waals surface area contributed by atoms with Crippen LogP contribution >= 0.6 is 0 Å². The van der Waals surface area contributed by atoms with Gasteiger partial charge in [-0.25, -0.2) is 4.79 Å². The molecule has 0 saturated heterocycles. The van der Waals surface area contributed by atoms with Gasteiger partial charge in [0.15, 0.2) is 0 Å². The molecule has 0 bridgehead atoms. The summed E-state index contributed by atoms with van der Waals surface area (Å²) in [6, 6.07) is 5.31. The third-order valence-electron chi connectivity index (χ3n) is 2.66. The lowest BCUT2D eigenvalue weighted by atomic mass is 10.2. The largest absolute Gasteiger partial charge is 0.480 e. The van der Waals surface area contributed by atoms with Gasteiger partial charge in [-0.05, 0) is 19.4 Å². The predicted molar refractivity (Wildman–Crippen MR) is 67.8 cm³/mol. The first-order valence-electron chi connectivity index (χ1n) is 5.71. The van der Waals surface area contributed by atoms with Crippen LogP contribution in [0.25, 0.3) is 0 Å². The number of hydrogen-bond donors (Lipinski definition) is 1. The highest BCUT2D eigenvalue weighted by Gasteiger charge is 2.21. The summed E-state index contributed by atoms with van der Waals surface area (Å²) < 4.78 is 0. The molecule has 0 aliphatic carbocycles. The Bertz CT molecular complexity index is 447. The Morgan fingerprint density at radius 2 is 2.22 bits per heavy atom. The molecule has 0 aliphatic heterocycles. The molecule has 0 heterocycles. The number of anilines is 1. The van der Waals surface area contributed by atoms with Crippen molar-refractivity contribution in [3.05, 3.63) is 34.4 Å². The summed E-state index contributed by atoms with van der Waals surface area (Å²) >= 11 is 0. The number of carboxylic acid groups (broad SMARTS) is 1. The number of benzene rings is 1. The zero-order valence-electron chi connectivity index (χ0n) is 10.4. The van der Waals surface area contributed by atoms with Crippen LogP contribution in [0.4, 0.5) is 11.4 Å². The Kier molecular flexibility index (Phi) is 4.65. The Morgan fingerprint density at radius 3 is 2.72 bits per heavy atom. The first-order valence-corrected chi connectivity index (χ1v) is 5.71. The topological polar surface area (TPSA) is 83.7 Å². The van der Waals surface area contributed by atoms with Crippen LogP contribution in [-0.2, 0) is 4.79 Å². The minimum Gasteiger partial charge on any atom is -0.480 e. The zero-order chi connectivity index (χ0) is 13.7. The minimum atomic E-state index is -0.949. The molecular formula is C12H16N2O4. The number of rotatable bonds is 6. The van der Waals surface area contributed by atoms with Crippen molar-refractivity contribution in [1.82, 2.24) is 0 Å². The quantitative estimate of drug-likeness (QED) is 0.620. The van der Waals surface area contributed by atoms with Crippen molar-refractivity contribution in [3.8, 4) is 0 Å². The van der Waals surface area contributed by atoms with E-state index >= 15 is 0 Å². The van der Waals surface area contributed by atoms with Crippen LogP contribution < -0.4 is 4.90 Å². The van der Waals surface area contributed by atoms with Gasteiger partial charge < -0.3 is 10.0 Å². The summed E-state index contributed by atoms with van der Waals surface area (Å²) in [7, 11) is 0. The molecule has 1 atom stereocenters. The van der Waals surface area contributed by atoms with E-state index in [1.165, 1.54) is 12.1 Å². The highest BCUT2D eigenvalue weighted by atomic mass is 16.6. The first kappa shape index (κ1) is 14.0. The average Bonchev–Trinajstić information content (AvgIpc) is 2.35. The van der Waals surface area contributed by atoms with Gasteiger partial charge in [0.05, 0.1) is 4.92 Å². The number of aliphatic carboxylic acids is 1. The average molecular weight is 252 g/mol. The van der Waals surface area contributed by atoms with Crippen LogP contribution in [-0.4, -0.2) is 28.6 Å². The van der Waals surface area contributed by atoms with E-state index in [2.05, 4.69) is 0 Å². The van der Waals surface area contributed by atoms with Crippen molar-refractivity contribution in [2.75, 3.05) is 11.4 Å². The lowest BCUT2D eigenvalue weighted by molar-refractivity contribution is -0.384. The van der Waals surface area contributed by atoms with E-state index in [0.29, 0.717) is 12.2 Å². The lowest BCUT2D eigenvalue weighted by Crippen LogP contribution is -2.39. The van der Waals surface area contributed by atoms with Crippen molar-refractivity contribution < 1.29 is 14.8 Å². The lowest BCUT2D eigenvalue weighted by Gasteiger charge is -2.28. The highest BCUT2D eigenvalue weighted by Crippen LogP contribution is 2.23. The number of carbonyl (C=O) groups is 1. The molecule has 0 fully saturated rings. The van der Waals surface area contributed by atoms with Gasteiger partial charge in [-0.1, -0.05) is 13.0 Å². The molecule has 0 amide bonds. The minimum absolute atomic E-state index is 0.0359. The summed E-state index contributed by atoms with van der Waals surface area (Å²) in [4.78, 5) is 22.9. The molecular weight excluding hydrogens is 236 g/mol. The van der Waals surface area contributed by atoms with Gasteiger partial charge in [0.25, 0.3) is 5.69 Å². The molecule has 0 saturated carbocycles. The van der Waals surface area contributed by atoms with Gasteiger partial charge in [-0.15, -0.1) is 0 Å². The molecule has 0 aliphatic rings. The second-order valence-electron chi connectivity index (χ2n) is 3.98. The van der Waals surface area contributed by atoms with Gasteiger partial charge in [0.2, 0.25) is 0 Å². The van der Waals surface area contributed by atoms with Gasteiger partial charge in [-0.3, -0.25) is 10.1 Å². The maximum Gasteiger partial charge on any atom is 0.326 e. The molecule has 0 aromatic heterocycles. The Labute approximate surface area is 105 Å². The fourth-order valence-electron chi connectivity index (χ4n) is 1.71. The third kappa shape index (κ3) is 3.19. The van der Waals surface area contributed by atoms with E-state index in [0.717, 1.165) is 6.42 Å². The molecule has 18 heavy (non-hydrogen) atoms. The van der Waals surface area contributed by atoms with Crippen molar-refractivity contribution in [2.45, 2.75) is 26.3 Å². The Morgan fingerprint density at radius 1 is 1.56 bits per heavy atom. The van der Waals surface area contributed by atoms with Gasteiger partial charge in [0, 0.05) is 24.4 Å². The second-order valence-corrected chi connectivity index (χ2v) is 3.98. The zero-order valence-corrected chi connectivity index (χ0v) is 10.4. The third-order valence-corrected chi connectivity index (χ3v) is 2.66. The summed E-state index contributed by atoms with van der Waals surface area (Å²) in [5.74, 6) is -0.949.